The number of hydrogen-bond donors (Lipinski definition) is 0. The molecule has 0 aliphatic carbocycles. The van der Waals surface area contributed by atoms with Crippen LogP contribution in [0.25, 0.3) is 27.8 Å². The molecule has 0 aliphatic rings. The monoisotopic (exact) mass is 405 g/mol. The van der Waals surface area contributed by atoms with Gasteiger partial charge in [-0.15, -0.1) is 0 Å². The van der Waals surface area contributed by atoms with E-state index in [9.17, 15) is 0 Å². The molecule has 0 aliphatic heterocycles. The van der Waals surface area contributed by atoms with Crippen molar-refractivity contribution in [3.63, 3.8) is 0 Å². The number of hydrogen-bond acceptors (Lipinski definition) is 4. The van der Waals surface area contributed by atoms with E-state index in [4.69, 9.17) is 16.6 Å². The lowest BCUT2D eigenvalue weighted by molar-refractivity contribution is 0.664. The standard InChI is InChI=1S/C23H24ClN5/c1-4-11-28(16(2)3)22-21-20(17-7-6-10-25-13-17)14-29(23(21)27-15-26-22)19-9-5-8-18(24)12-19/h5-10,12-16H,4,11H2,1-3H3. The molecule has 0 N–H and O–H groups in total. The third kappa shape index (κ3) is 3.70. The maximum absolute atomic E-state index is 6.27. The number of halogens is 1. The highest BCUT2D eigenvalue weighted by atomic mass is 35.5. The summed E-state index contributed by atoms with van der Waals surface area (Å²) in [7, 11) is 0. The fourth-order valence-corrected chi connectivity index (χ4v) is 3.86. The molecule has 0 unspecified atom stereocenters. The van der Waals surface area contributed by atoms with Gasteiger partial charge in [-0.3, -0.25) is 4.98 Å². The van der Waals surface area contributed by atoms with Crippen molar-refractivity contribution in [1.82, 2.24) is 19.5 Å². The lowest BCUT2D eigenvalue weighted by atomic mass is 10.1. The van der Waals surface area contributed by atoms with E-state index >= 15 is 0 Å². The molecule has 4 aromatic rings. The Morgan fingerprint density at radius 1 is 1.14 bits per heavy atom. The summed E-state index contributed by atoms with van der Waals surface area (Å²) < 4.78 is 2.08. The van der Waals surface area contributed by atoms with Gasteiger partial charge in [-0.25, -0.2) is 9.97 Å². The topological polar surface area (TPSA) is 46.8 Å². The lowest BCUT2D eigenvalue weighted by Crippen LogP contribution is -2.32. The minimum absolute atomic E-state index is 0.323. The molecule has 0 amide bonds. The van der Waals surface area contributed by atoms with Crippen molar-refractivity contribution in [3.05, 3.63) is 66.3 Å². The fourth-order valence-electron chi connectivity index (χ4n) is 3.68. The van der Waals surface area contributed by atoms with Gasteiger partial charge in [0.05, 0.1) is 5.39 Å². The Morgan fingerprint density at radius 3 is 2.69 bits per heavy atom. The predicted octanol–water partition coefficient (Wildman–Crippen LogP) is 5.76. The van der Waals surface area contributed by atoms with E-state index < -0.39 is 0 Å². The molecule has 3 heterocycles. The molecule has 5 nitrogen and oxygen atoms in total. The largest absolute Gasteiger partial charge is 0.354 e. The Hall–Kier alpha value is -2.92. The number of pyridine rings is 1. The number of rotatable bonds is 6. The molecule has 0 radical (unpaired) electrons. The molecule has 29 heavy (non-hydrogen) atoms. The van der Waals surface area contributed by atoms with Crippen LogP contribution in [0.4, 0.5) is 5.82 Å². The predicted molar refractivity (Wildman–Crippen MR) is 120 cm³/mol. The molecule has 4 rings (SSSR count). The number of benzene rings is 1. The molecule has 0 spiro atoms. The van der Waals surface area contributed by atoms with Gasteiger partial charge >= 0.3 is 0 Å². The molecule has 3 aromatic heterocycles. The van der Waals surface area contributed by atoms with Gasteiger partial charge < -0.3 is 9.47 Å². The van der Waals surface area contributed by atoms with Crippen LogP contribution in [-0.4, -0.2) is 32.1 Å². The van der Waals surface area contributed by atoms with Gasteiger partial charge in [0.25, 0.3) is 0 Å². The highest BCUT2D eigenvalue weighted by molar-refractivity contribution is 6.30. The van der Waals surface area contributed by atoms with Crippen molar-refractivity contribution in [2.45, 2.75) is 33.2 Å². The summed E-state index contributed by atoms with van der Waals surface area (Å²) in [6, 6.07) is 12.2. The molecule has 0 saturated heterocycles. The molecule has 0 bridgehead atoms. The first-order valence-corrected chi connectivity index (χ1v) is 10.3. The summed E-state index contributed by atoms with van der Waals surface area (Å²) in [4.78, 5) is 16.0. The Labute approximate surface area is 176 Å². The Kier molecular flexibility index (Phi) is 5.49. The number of aromatic nitrogens is 4. The first-order valence-electron chi connectivity index (χ1n) is 9.89. The number of anilines is 1. The maximum atomic E-state index is 6.27. The fraction of sp³-hybridized carbons (Fsp3) is 0.261. The van der Waals surface area contributed by atoms with Crippen LogP contribution in [0.2, 0.25) is 5.02 Å². The summed E-state index contributed by atoms with van der Waals surface area (Å²) >= 11 is 6.27. The first-order chi connectivity index (χ1) is 14.1. The normalized spacial score (nSPS) is 11.3. The van der Waals surface area contributed by atoms with Crippen LogP contribution in [0.1, 0.15) is 27.2 Å². The van der Waals surface area contributed by atoms with Crippen molar-refractivity contribution >= 4 is 28.5 Å². The van der Waals surface area contributed by atoms with Crippen molar-refractivity contribution in [2.75, 3.05) is 11.4 Å². The van der Waals surface area contributed by atoms with E-state index in [0.29, 0.717) is 11.1 Å². The third-order valence-corrected chi connectivity index (χ3v) is 5.22. The van der Waals surface area contributed by atoms with E-state index in [-0.39, 0.29) is 0 Å². The number of nitrogens with zero attached hydrogens (tertiary/aromatic N) is 5. The highest BCUT2D eigenvalue weighted by Crippen LogP contribution is 2.37. The van der Waals surface area contributed by atoms with E-state index in [1.54, 1.807) is 12.5 Å². The molecule has 148 valence electrons. The van der Waals surface area contributed by atoms with E-state index in [1.807, 2.05) is 36.5 Å². The average Bonchev–Trinajstić information content (AvgIpc) is 3.12. The van der Waals surface area contributed by atoms with Gasteiger partial charge in [-0.05, 0) is 44.5 Å². The minimum atomic E-state index is 0.323. The summed E-state index contributed by atoms with van der Waals surface area (Å²) in [5.41, 5.74) is 3.92. The molecular weight excluding hydrogens is 382 g/mol. The van der Waals surface area contributed by atoms with E-state index in [1.165, 1.54) is 0 Å². The Balaban J connectivity index is 2.04. The van der Waals surface area contributed by atoms with Crippen LogP contribution in [0.3, 0.4) is 0 Å². The summed E-state index contributed by atoms with van der Waals surface area (Å²) in [6.07, 6.45) is 8.47. The maximum Gasteiger partial charge on any atom is 0.150 e. The van der Waals surface area contributed by atoms with Crippen LogP contribution < -0.4 is 4.90 Å². The minimum Gasteiger partial charge on any atom is -0.354 e. The zero-order valence-electron chi connectivity index (χ0n) is 16.9. The van der Waals surface area contributed by atoms with Crippen molar-refractivity contribution in [3.8, 4) is 16.8 Å². The van der Waals surface area contributed by atoms with Crippen molar-refractivity contribution < 1.29 is 0 Å². The molecule has 0 saturated carbocycles. The Morgan fingerprint density at radius 2 is 2.00 bits per heavy atom. The van der Waals surface area contributed by atoms with Gasteiger partial charge in [0.2, 0.25) is 0 Å². The van der Waals surface area contributed by atoms with Gasteiger partial charge in [0, 0.05) is 53.0 Å². The zero-order chi connectivity index (χ0) is 20.4. The second-order valence-electron chi connectivity index (χ2n) is 7.32. The smallest absolute Gasteiger partial charge is 0.150 e. The first kappa shape index (κ1) is 19.4. The van der Waals surface area contributed by atoms with E-state index in [2.05, 4.69) is 52.5 Å². The van der Waals surface area contributed by atoms with Gasteiger partial charge in [0.15, 0.2) is 5.65 Å². The molecule has 6 heteroatoms. The summed E-state index contributed by atoms with van der Waals surface area (Å²) in [5, 5.41) is 1.72. The quantitative estimate of drug-likeness (QED) is 0.409. The second-order valence-corrected chi connectivity index (χ2v) is 7.75. The molecular formula is C23H24ClN5. The lowest BCUT2D eigenvalue weighted by Gasteiger charge is -2.28. The molecule has 0 atom stereocenters. The SMILES string of the molecule is CCCN(c1ncnc2c1c(-c1cccnc1)cn2-c1cccc(Cl)c1)C(C)C. The Bertz CT molecular complexity index is 1120. The van der Waals surface area contributed by atoms with Crippen LogP contribution >= 0.6 is 11.6 Å². The third-order valence-electron chi connectivity index (χ3n) is 4.98. The van der Waals surface area contributed by atoms with E-state index in [0.717, 1.165) is 46.6 Å². The van der Waals surface area contributed by atoms with Crippen LogP contribution in [-0.2, 0) is 0 Å². The molecule has 0 fully saturated rings. The summed E-state index contributed by atoms with van der Waals surface area (Å²) in [5.74, 6) is 0.950. The van der Waals surface area contributed by atoms with Crippen molar-refractivity contribution in [2.24, 2.45) is 0 Å². The highest BCUT2D eigenvalue weighted by Gasteiger charge is 2.22. The van der Waals surface area contributed by atoms with Crippen molar-refractivity contribution in [1.29, 1.82) is 0 Å². The number of fused-ring (bicyclic) bond motifs is 1. The summed E-state index contributed by atoms with van der Waals surface area (Å²) in [6.45, 7) is 7.51. The van der Waals surface area contributed by atoms with Crippen LogP contribution in [0.15, 0.2) is 61.3 Å². The average molecular weight is 406 g/mol. The van der Waals surface area contributed by atoms with Gasteiger partial charge in [-0.2, -0.15) is 0 Å². The van der Waals surface area contributed by atoms with Gasteiger partial charge in [-0.1, -0.05) is 30.7 Å². The van der Waals surface area contributed by atoms with Crippen LogP contribution in [0.5, 0.6) is 0 Å². The van der Waals surface area contributed by atoms with Gasteiger partial charge in [0.1, 0.15) is 12.1 Å². The van der Waals surface area contributed by atoms with Crippen LogP contribution in [0, 0.1) is 0 Å². The second kappa shape index (κ2) is 8.21. The zero-order valence-corrected chi connectivity index (χ0v) is 17.6. The molecule has 1 aromatic carbocycles.